The number of anilines is 2. The van der Waals surface area contributed by atoms with Crippen LogP contribution in [0.5, 0.6) is 0 Å². The van der Waals surface area contributed by atoms with E-state index < -0.39 is 0 Å². The monoisotopic (exact) mass is 211 g/mol. The lowest BCUT2D eigenvalue weighted by Crippen LogP contribution is -2.11. The van der Waals surface area contributed by atoms with Gasteiger partial charge in [-0.1, -0.05) is 0 Å². The molecule has 0 aliphatic rings. The van der Waals surface area contributed by atoms with Gasteiger partial charge in [-0.3, -0.25) is 0 Å². The third-order valence-electron chi connectivity index (χ3n) is 1.83. The highest BCUT2D eigenvalue weighted by atomic mass is 16.5. The van der Waals surface area contributed by atoms with Crippen LogP contribution >= 0.6 is 0 Å². The number of hydrogen-bond donors (Lipinski definition) is 3. The number of aliphatic hydroxyl groups excluding tert-OH is 1. The molecule has 0 aromatic carbocycles. The summed E-state index contributed by atoms with van der Waals surface area (Å²) in [7, 11) is 1.83. The molecule has 1 aromatic heterocycles. The van der Waals surface area contributed by atoms with Crippen molar-refractivity contribution in [1.82, 2.24) is 4.98 Å². The Morgan fingerprint density at radius 1 is 1.47 bits per heavy atom. The molecule has 1 heterocycles. The zero-order valence-corrected chi connectivity index (χ0v) is 8.86. The number of aromatic nitrogens is 1. The SMILES string of the molecule is CNc1cc(NCCOCCO)ccn1. The Kier molecular flexibility index (Phi) is 5.50. The van der Waals surface area contributed by atoms with Gasteiger partial charge in [-0.05, 0) is 6.07 Å². The van der Waals surface area contributed by atoms with Crippen molar-refractivity contribution in [1.29, 1.82) is 0 Å². The van der Waals surface area contributed by atoms with E-state index in [1.165, 1.54) is 0 Å². The minimum atomic E-state index is 0.0686. The number of rotatable bonds is 7. The maximum Gasteiger partial charge on any atom is 0.127 e. The molecule has 0 unspecified atom stereocenters. The summed E-state index contributed by atoms with van der Waals surface area (Å²) in [5.74, 6) is 0.830. The number of hydrogen-bond acceptors (Lipinski definition) is 5. The average Bonchev–Trinajstić information content (AvgIpc) is 2.29. The summed E-state index contributed by atoms with van der Waals surface area (Å²) >= 11 is 0. The lowest BCUT2D eigenvalue weighted by atomic mass is 10.4. The van der Waals surface area contributed by atoms with Crippen LogP contribution < -0.4 is 10.6 Å². The molecule has 15 heavy (non-hydrogen) atoms. The maximum absolute atomic E-state index is 8.49. The highest BCUT2D eigenvalue weighted by Gasteiger charge is 1.94. The molecule has 3 N–H and O–H groups in total. The van der Waals surface area contributed by atoms with Crippen LogP contribution in [0.3, 0.4) is 0 Å². The van der Waals surface area contributed by atoms with Crippen LogP contribution in [0, 0.1) is 0 Å². The fourth-order valence-electron chi connectivity index (χ4n) is 1.11. The van der Waals surface area contributed by atoms with E-state index in [1.54, 1.807) is 6.20 Å². The fraction of sp³-hybridized carbons (Fsp3) is 0.500. The molecule has 5 nitrogen and oxygen atoms in total. The lowest BCUT2D eigenvalue weighted by molar-refractivity contribution is 0.0992. The summed E-state index contributed by atoms with van der Waals surface area (Å²) in [4.78, 5) is 4.10. The molecule has 0 aliphatic carbocycles. The molecule has 0 saturated carbocycles. The summed E-state index contributed by atoms with van der Waals surface area (Å²) in [6, 6.07) is 3.82. The third-order valence-corrected chi connectivity index (χ3v) is 1.83. The second kappa shape index (κ2) is 7.03. The van der Waals surface area contributed by atoms with E-state index in [1.807, 2.05) is 19.2 Å². The van der Waals surface area contributed by atoms with Gasteiger partial charge >= 0.3 is 0 Å². The van der Waals surface area contributed by atoms with Gasteiger partial charge in [0, 0.05) is 31.5 Å². The Morgan fingerprint density at radius 2 is 2.33 bits per heavy atom. The van der Waals surface area contributed by atoms with Gasteiger partial charge in [-0.25, -0.2) is 4.98 Å². The van der Waals surface area contributed by atoms with Crippen LogP contribution in [-0.4, -0.2) is 43.5 Å². The van der Waals surface area contributed by atoms with E-state index in [0.29, 0.717) is 19.8 Å². The van der Waals surface area contributed by atoms with Gasteiger partial charge in [-0.2, -0.15) is 0 Å². The van der Waals surface area contributed by atoms with Crippen molar-refractivity contribution in [2.24, 2.45) is 0 Å². The molecular weight excluding hydrogens is 194 g/mol. The molecule has 0 atom stereocenters. The first-order valence-corrected chi connectivity index (χ1v) is 4.93. The molecule has 84 valence electrons. The highest BCUT2D eigenvalue weighted by Crippen LogP contribution is 2.10. The maximum atomic E-state index is 8.49. The van der Waals surface area contributed by atoms with Crippen LogP contribution in [-0.2, 0) is 4.74 Å². The molecule has 1 aromatic rings. The molecule has 0 amide bonds. The van der Waals surface area contributed by atoms with Gasteiger partial charge < -0.3 is 20.5 Å². The molecule has 0 spiro atoms. The lowest BCUT2D eigenvalue weighted by Gasteiger charge is -2.07. The first kappa shape index (κ1) is 11.7. The van der Waals surface area contributed by atoms with Crippen LogP contribution in [0.15, 0.2) is 18.3 Å². The Morgan fingerprint density at radius 3 is 3.07 bits per heavy atom. The molecule has 1 rings (SSSR count). The van der Waals surface area contributed by atoms with Gasteiger partial charge in [0.15, 0.2) is 0 Å². The highest BCUT2D eigenvalue weighted by molar-refractivity contribution is 5.51. The summed E-state index contributed by atoms with van der Waals surface area (Å²) in [6.45, 7) is 1.75. The molecule has 5 heteroatoms. The molecule has 0 fully saturated rings. The topological polar surface area (TPSA) is 66.4 Å². The molecular formula is C10H17N3O2. The summed E-state index contributed by atoms with van der Waals surface area (Å²) in [6.07, 6.45) is 1.74. The standard InChI is InChI=1S/C10H17N3O2/c1-11-10-8-9(2-3-13-10)12-4-6-15-7-5-14/h2-3,8,14H,4-7H2,1H3,(H2,11,12,13). The van der Waals surface area contributed by atoms with Crippen molar-refractivity contribution in [2.75, 3.05) is 44.0 Å². The van der Waals surface area contributed by atoms with Crippen LogP contribution in [0.2, 0.25) is 0 Å². The van der Waals surface area contributed by atoms with Crippen molar-refractivity contribution in [3.63, 3.8) is 0 Å². The molecule has 0 aliphatic heterocycles. The van der Waals surface area contributed by atoms with Gasteiger partial charge in [0.2, 0.25) is 0 Å². The normalized spacial score (nSPS) is 10.0. The number of nitrogens with zero attached hydrogens (tertiary/aromatic N) is 1. The summed E-state index contributed by atoms with van der Waals surface area (Å²) in [5.41, 5.74) is 1.00. The number of pyridine rings is 1. The van der Waals surface area contributed by atoms with E-state index in [9.17, 15) is 0 Å². The van der Waals surface area contributed by atoms with Gasteiger partial charge in [0.1, 0.15) is 5.82 Å². The van der Waals surface area contributed by atoms with Crippen molar-refractivity contribution < 1.29 is 9.84 Å². The molecule has 0 bridgehead atoms. The van der Waals surface area contributed by atoms with E-state index in [4.69, 9.17) is 9.84 Å². The first-order valence-electron chi connectivity index (χ1n) is 4.93. The molecule has 0 radical (unpaired) electrons. The quantitative estimate of drug-likeness (QED) is 0.575. The summed E-state index contributed by atoms with van der Waals surface area (Å²) in [5, 5.41) is 14.6. The van der Waals surface area contributed by atoms with E-state index in [2.05, 4.69) is 15.6 Å². The minimum Gasteiger partial charge on any atom is -0.394 e. The summed E-state index contributed by atoms with van der Waals surface area (Å²) < 4.78 is 5.12. The average molecular weight is 211 g/mol. The van der Waals surface area contributed by atoms with Crippen molar-refractivity contribution in [3.8, 4) is 0 Å². The number of aliphatic hydroxyl groups is 1. The largest absolute Gasteiger partial charge is 0.394 e. The third kappa shape index (κ3) is 4.62. The predicted octanol–water partition coefficient (Wildman–Crippen LogP) is 0.544. The van der Waals surface area contributed by atoms with E-state index >= 15 is 0 Å². The van der Waals surface area contributed by atoms with Crippen molar-refractivity contribution >= 4 is 11.5 Å². The zero-order valence-electron chi connectivity index (χ0n) is 8.86. The predicted molar refractivity (Wildman–Crippen MR) is 60.2 cm³/mol. The second-order valence-electron chi connectivity index (χ2n) is 2.94. The first-order chi connectivity index (χ1) is 7.36. The van der Waals surface area contributed by atoms with E-state index in [0.717, 1.165) is 11.5 Å². The van der Waals surface area contributed by atoms with Crippen LogP contribution in [0.25, 0.3) is 0 Å². The fourth-order valence-corrected chi connectivity index (χ4v) is 1.11. The Labute approximate surface area is 89.5 Å². The van der Waals surface area contributed by atoms with Crippen molar-refractivity contribution in [3.05, 3.63) is 18.3 Å². The number of ether oxygens (including phenoxy) is 1. The van der Waals surface area contributed by atoms with Crippen LogP contribution in [0.4, 0.5) is 11.5 Å². The molecule has 0 saturated heterocycles. The van der Waals surface area contributed by atoms with Crippen LogP contribution in [0.1, 0.15) is 0 Å². The zero-order chi connectivity index (χ0) is 10.9. The Bertz CT molecular complexity index is 281. The van der Waals surface area contributed by atoms with E-state index in [-0.39, 0.29) is 6.61 Å². The van der Waals surface area contributed by atoms with Gasteiger partial charge in [-0.15, -0.1) is 0 Å². The smallest absolute Gasteiger partial charge is 0.127 e. The minimum absolute atomic E-state index is 0.0686. The second-order valence-corrected chi connectivity index (χ2v) is 2.94. The van der Waals surface area contributed by atoms with Gasteiger partial charge in [0.25, 0.3) is 0 Å². The van der Waals surface area contributed by atoms with Crippen molar-refractivity contribution in [2.45, 2.75) is 0 Å². The van der Waals surface area contributed by atoms with Gasteiger partial charge in [0.05, 0.1) is 19.8 Å². The Balaban J connectivity index is 2.24. The number of nitrogens with one attached hydrogen (secondary N) is 2. The Hall–Kier alpha value is -1.33.